The van der Waals surface area contributed by atoms with E-state index in [9.17, 15) is 9.18 Å². The Morgan fingerprint density at radius 1 is 1.04 bits per heavy atom. The van der Waals surface area contributed by atoms with Crippen LogP contribution in [0.3, 0.4) is 0 Å². The number of methoxy groups -OCH3 is 2. The molecule has 3 nitrogen and oxygen atoms in total. The van der Waals surface area contributed by atoms with Gasteiger partial charge in [-0.2, -0.15) is 0 Å². The zero-order chi connectivity index (χ0) is 18.9. The minimum Gasteiger partial charge on any atom is -0.497 e. The maximum atomic E-state index is 14.6. The highest BCUT2D eigenvalue weighted by Gasteiger charge is 2.30. The highest BCUT2D eigenvalue weighted by atomic mass is 19.1. The molecule has 4 heteroatoms. The zero-order valence-electron chi connectivity index (χ0n) is 15.6. The normalized spacial score (nSPS) is 15.5. The van der Waals surface area contributed by atoms with Gasteiger partial charge >= 0.3 is 5.97 Å². The van der Waals surface area contributed by atoms with E-state index < -0.39 is 5.97 Å². The van der Waals surface area contributed by atoms with Gasteiger partial charge in [0.05, 0.1) is 19.8 Å². The van der Waals surface area contributed by atoms with Gasteiger partial charge in [0.25, 0.3) is 0 Å². The van der Waals surface area contributed by atoms with Crippen LogP contribution in [0.2, 0.25) is 0 Å². The molecule has 0 spiro atoms. The number of halogens is 1. The van der Waals surface area contributed by atoms with Crippen LogP contribution in [0.4, 0.5) is 4.39 Å². The standard InChI is InChI=1S/C22H23FO3/c1-22(2)11-5-6-19(22)17-12-14(21(24)26-4)7-9-16(17)18-13-15(25-3)8-10-20(18)23/h6-10,12-13H,5,11H2,1-4H3. The molecule has 1 aliphatic carbocycles. The minimum atomic E-state index is -0.402. The fourth-order valence-electron chi connectivity index (χ4n) is 3.55. The molecule has 0 fully saturated rings. The maximum absolute atomic E-state index is 14.6. The smallest absolute Gasteiger partial charge is 0.337 e. The Kier molecular flexibility index (Phi) is 4.86. The van der Waals surface area contributed by atoms with Gasteiger partial charge in [-0.25, -0.2) is 9.18 Å². The number of allylic oxidation sites excluding steroid dienone is 2. The summed E-state index contributed by atoms with van der Waals surface area (Å²) in [6.45, 7) is 4.34. The van der Waals surface area contributed by atoms with Crippen LogP contribution in [0.5, 0.6) is 5.75 Å². The predicted octanol–water partition coefficient (Wildman–Crippen LogP) is 5.49. The average molecular weight is 354 g/mol. The third kappa shape index (κ3) is 3.24. The Bertz CT molecular complexity index is 881. The summed E-state index contributed by atoms with van der Waals surface area (Å²) in [6.07, 6.45) is 4.16. The van der Waals surface area contributed by atoms with Crippen LogP contribution in [0.15, 0.2) is 42.5 Å². The van der Waals surface area contributed by atoms with Crippen molar-refractivity contribution in [1.29, 1.82) is 0 Å². The minimum absolute atomic E-state index is 0.0428. The van der Waals surface area contributed by atoms with Gasteiger partial charge in [-0.05, 0) is 65.3 Å². The van der Waals surface area contributed by atoms with Gasteiger partial charge in [0.1, 0.15) is 11.6 Å². The van der Waals surface area contributed by atoms with Gasteiger partial charge in [0.2, 0.25) is 0 Å². The first kappa shape index (κ1) is 18.2. The van der Waals surface area contributed by atoms with Crippen LogP contribution in [-0.2, 0) is 4.74 Å². The number of rotatable bonds is 4. The van der Waals surface area contributed by atoms with E-state index in [0.717, 1.165) is 29.5 Å². The van der Waals surface area contributed by atoms with Crippen molar-refractivity contribution in [2.45, 2.75) is 26.7 Å². The largest absolute Gasteiger partial charge is 0.497 e. The Labute approximate surface area is 153 Å². The first-order chi connectivity index (χ1) is 12.4. The molecule has 0 saturated heterocycles. The first-order valence-electron chi connectivity index (χ1n) is 8.64. The Morgan fingerprint density at radius 3 is 2.42 bits per heavy atom. The topological polar surface area (TPSA) is 35.5 Å². The SMILES string of the molecule is COC(=O)c1ccc(-c2cc(OC)ccc2F)c(C2=CCCC2(C)C)c1. The average Bonchev–Trinajstić information content (AvgIpc) is 3.00. The number of hydrogen-bond acceptors (Lipinski definition) is 3. The number of ether oxygens (including phenoxy) is 2. The lowest BCUT2D eigenvalue weighted by Gasteiger charge is -2.25. The lowest BCUT2D eigenvalue weighted by Crippen LogP contribution is -2.11. The van der Waals surface area contributed by atoms with E-state index in [0.29, 0.717) is 16.9 Å². The molecule has 0 bridgehead atoms. The summed E-state index contributed by atoms with van der Waals surface area (Å²) in [4.78, 5) is 12.0. The molecule has 0 radical (unpaired) electrons. The van der Waals surface area contributed by atoms with E-state index in [4.69, 9.17) is 9.47 Å². The van der Waals surface area contributed by atoms with Crippen molar-refractivity contribution in [2.24, 2.45) is 5.41 Å². The number of benzene rings is 2. The fraction of sp³-hybridized carbons (Fsp3) is 0.318. The monoisotopic (exact) mass is 354 g/mol. The molecule has 0 heterocycles. The number of carbonyl (C=O) groups is 1. The summed E-state index contributed by atoms with van der Waals surface area (Å²) in [5.74, 6) is -0.140. The van der Waals surface area contributed by atoms with E-state index in [1.54, 1.807) is 37.4 Å². The van der Waals surface area contributed by atoms with Gasteiger partial charge in [-0.3, -0.25) is 0 Å². The van der Waals surface area contributed by atoms with E-state index in [2.05, 4.69) is 19.9 Å². The molecule has 3 rings (SSSR count). The molecule has 0 unspecified atom stereocenters. The Balaban J connectivity index is 2.24. The fourth-order valence-corrected chi connectivity index (χ4v) is 3.55. The van der Waals surface area contributed by atoms with E-state index >= 15 is 0 Å². The molecule has 0 amide bonds. The molecular weight excluding hydrogens is 331 g/mol. The van der Waals surface area contributed by atoms with Gasteiger partial charge in [-0.1, -0.05) is 26.0 Å². The highest BCUT2D eigenvalue weighted by Crippen LogP contribution is 2.47. The van der Waals surface area contributed by atoms with Gasteiger partial charge in [-0.15, -0.1) is 0 Å². The van der Waals surface area contributed by atoms with Crippen LogP contribution in [0, 0.1) is 11.2 Å². The molecule has 0 aromatic heterocycles. The van der Waals surface area contributed by atoms with Crippen molar-refractivity contribution in [3.63, 3.8) is 0 Å². The summed E-state index contributed by atoms with van der Waals surface area (Å²) in [6, 6.07) is 9.95. The van der Waals surface area contributed by atoms with Crippen molar-refractivity contribution in [3.8, 4) is 16.9 Å². The number of hydrogen-bond donors (Lipinski definition) is 0. The molecule has 0 atom stereocenters. The summed E-state index contributed by atoms with van der Waals surface area (Å²) in [5.41, 5.74) is 3.61. The predicted molar refractivity (Wildman–Crippen MR) is 101 cm³/mol. The lowest BCUT2D eigenvalue weighted by molar-refractivity contribution is 0.0600. The van der Waals surface area contributed by atoms with Crippen LogP contribution in [0.1, 0.15) is 42.6 Å². The van der Waals surface area contributed by atoms with Crippen LogP contribution >= 0.6 is 0 Å². The van der Waals surface area contributed by atoms with Crippen molar-refractivity contribution in [3.05, 3.63) is 59.4 Å². The summed E-state index contributed by atoms with van der Waals surface area (Å²) in [7, 11) is 2.91. The van der Waals surface area contributed by atoms with Gasteiger partial charge < -0.3 is 9.47 Å². The second kappa shape index (κ2) is 6.94. The Hall–Kier alpha value is -2.62. The maximum Gasteiger partial charge on any atom is 0.337 e. The van der Waals surface area contributed by atoms with E-state index in [1.807, 2.05) is 0 Å². The third-order valence-corrected chi connectivity index (χ3v) is 5.04. The van der Waals surface area contributed by atoms with Crippen molar-refractivity contribution in [1.82, 2.24) is 0 Å². The van der Waals surface area contributed by atoms with E-state index in [-0.39, 0.29) is 11.2 Å². The molecule has 26 heavy (non-hydrogen) atoms. The number of esters is 1. The molecule has 0 N–H and O–H groups in total. The van der Waals surface area contributed by atoms with Crippen molar-refractivity contribution < 1.29 is 18.7 Å². The third-order valence-electron chi connectivity index (χ3n) is 5.04. The van der Waals surface area contributed by atoms with Crippen molar-refractivity contribution >= 4 is 11.5 Å². The van der Waals surface area contributed by atoms with E-state index in [1.165, 1.54) is 13.2 Å². The molecule has 0 aliphatic heterocycles. The Morgan fingerprint density at radius 2 is 1.81 bits per heavy atom. The zero-order valence-corrected chi connectivity index (χ0v) is 15.6. The second-order valence-electron chi connectivity index (χ2n) is 7.14. The van der Waals surface area contributed by atoms with Gasteiger partial charge in [0.15, 0.2) is 0 Å². The second-order valence-corrected chi connectivity index (χ2v) is 7.14. The van der Waals surface area contributed by atoms with Gasteiger partial charge in [0, 0.05) is 5.56 Å². The highest BCUT2D eigenvalue weighted by molar-refractivity contribution is 5.94. The van der Waals surface area contributed by atoms with Crippen molar-refractivity contribution in [2.75, 3.05) is 14.2 Å². The van der Waals surface area contributed by atoms with Crippen LogP contribution < -0.4 is 4.74 Å². The lowest BCUT2D eigenvalue weighted by atomic mass is 9.79. The molecule has 2 aromatic carbocycles. The van der Waals surface area contributed by atoms with Crippen LogP contribution in [-0.4, -0.2) is 20.2 Å². The molecular formula is C22H23FO3. The molecule has 136 valence electrons. The quantitative estimate of drug-likeness (QED) is 0.681. The summed E-state index contributed by atoms with van der Waals surface area (Å²) >= 11 is 0. The molecule has 2 aromatic rings. The summed E-state index contributed by atoms with van der Waals surface area (Å²) in [5, 5.41) is 0. The first-order valence-corrected chi connectivity index (χ1v) is 8.64. The molecule has 1 aliphatic rings. The van der Waals surface area contributed by atoms with Crippen LogP contribution in [0.25, 0.3) is 16.7 Å². The summed E-state index contributed by atoms with van der Waals surface area (Å²) < 4.78 is 24.7. The number of carbonyl (C=O) groups excluding carboxylic acids is 1. The molecule has 0 saturated carbocycles.